The number of rotatable bonds is 3. The molecule has 3 heteroatoms. The van der Waals surface area contributed by atoms with Gasteiger partial charge >= 0.3 is 0 Å². The lowest BCUT2D eigenvalue weighted by molar-refractivity contribution is -0.130. The molecule has 1 rings (SSSR count). The van der Waals surface area contributed by atoms with Crippen LogP contribution in [0.1, 0.15) is 26.7 Å². The topological polar surface area (TPSA) is 41.1 Å². The van der Waals surface area contributed by atoms with E-state index in [2.05, 4.69) is 17.6 Å². The minimum atomic E-state index is -0.115. The van der Waals surface area contributed by atoms with Crippen molar-refractivity contribution in [2.24, 2.45) is 5.41 Å². The molecule has 0 radical (unpaired) electrons. The van der Waals surface area contributed by atoms with E-state index < -0.39 is 0 Å². The minimum Gasteiger partial charge on any atom is -0.356 e. The van der Waals surface area contributed by atoms with E-state index in [0.717, 1.165) is 32.5 Å². The first-order valence-electron chi connectivity index (χ1n) is 4.74. The van der Waals surface area contributed by atoms with Crippen LogP contribution in [-0.2, 0) is 4.79 Å². The van der Waals surface area contributed by atoms with Gasteiger partial charge in [-0.3, -0.25) is 4.79 Å². The molecule has 1 heterocycles. The molecule has 1 aliphatic rings. The highest BCUT2D eigenvalue weighted by Gasteiger charge is 2.38. The third-order valence-corrected chi connectivity index (χ3v) is 2.74. The summed E-state index contributed by atoms with van der Waals surface area (Å²) < 4.78 is 0. The molecule has 1 aliphatic heterocycles. The van der Waals surface area contributed by atoms with Crippen LogP contribution in [0.3, 0.4) is 0 Å². The van der Waals surface area contributed by atoms with Crippen LogP contribution in [0.15, 0.2) is 0 Å². The molecular formula is C9H18N2O. The SMILES string of the molecule is CCNC(=O)C1(CC)CCNC1. The van der Waals surface area contributed by atoms with E-state index in [4.69, 9.17) is 0 Å². The largest absolute Gasteiger partial charge is 0.356 e. The van der Waals surface area contributed by atoms with E-state index in [9.17, 15) is 4.79 Å². The van der Waals surface area contributed by atoms with Gasteiger partial charge in [0, 0.05) is 13.1 Å². The average molecular weight is 170 g/mol. The van der Waals surface area contributed by atoms with Gasteiger partial charge in [0.25, 0.3) is 0 Å². The molecule has 1 saturated heterocycles. The molecule has 0 saturated carbocycles. The minimum absolute atomic E-state index is 0.115. The predicted molar refractivity (Wildman–Crippen MR) is 48.9 cm³/mol. The number of carbonyl (C=O) groups is 1. The van der Waals surface area contributed by atoms with E-state index in [1.54, 1.807) is 0 Å². The number of hydrogen-bond donors (Lipinski definition) is 2. The molecule has 0 spiro atoms. The third kappa shape index (κ3) is 1.61. The summed E-state index contributed by atoms with van der Waals surface area (Å²) in [4.78, 5) is 11.6. The fourth-order valence-corrected chi connectivity index (χ4v) is 1.75. The number of carbonyl (C=O) groups excluding carboxylic acids is 1. The van der Waals surface area contributed by atoms with Gasteiger partial charge in [0.2, 0.25) is 5.91 Å². The highest BCUT2D eigenvalue weighted by molar-refractivity contribution is 5.83. The molecule has 1 atom stereocenters. The first-order chi connectivity index (χ1) is 5.75. The second-order valence-corrected chi connectivity index (χ2v) is 3.42. The number of nitrogens with one attached hydrogen (secondary N) is 2. The monoisotopic (exact) mass is 170 g/mol. The summed E-state index contributed by atoms with van der Waals surface area (Å²) in [5.41, 5.74) is -0.115. The Hall–Kier alpha value is -0.570. The Morgan fingerprint density at radius 3 is 2.75 bits per heavy atom. The van der Waals surface area contributed by atoms with Crippen LogP contribution in [0.4, 0.5) is 0 Å². The van der Waals surface area contributed by atoms with Crippen LogP contribution in [0.2, 0.25) is 0 Å². The summed E-state index contributed by atoms with van der Waals surface area (Å²) in [5, 5.41) is 6.14. The van der Waals surface area contributed by atoms with Crippen LogP contribution in [0.25, 0.3) is 0 Å². The summed E-state index contributed by atoms with van der Waals surface area (Å²) >= 11 is 0. The Kier molecular flexibility index (Phi) is 3.09. The quantitative estimate of drug-likeness (QED) is 0.648. The van der Waals surface area contributed by atoms with Crippen LogP contribution >= 0.6 is 0 Å². The van der Waals surface area contributed by atoms with E-state index in [1.807, 2.05) is 6.92 Å². The molecule has 70 valence electrons. The Balaban J connectivity index is 2.59. The van der Waals surface area contributed by atoms with Crippen molar-refractivity contribution in [1.82, 2.24) is 10.6 Å². The van der Waals surface area contributed by atoms with Crippen molar-refractivity contribution in [2.45, 2.75) is 26.7 Å². The van der Waals surface area contributed by atoms with Gasteiger partial charge in [-0.15, -0.1) is 0 Å². The summed E-state index contributed by atoms with van der Waals surface area (Å²) in [6.45, 7) is 6.60. The maximum atomic E-state index is 11.6. The molecule has 1 amide bonds. The molecule has 3 nitrogen and oxygen atoms in total. The first kappa shape index (κ1) is 9.52. The Bertz CT molecular complexity index is 162. The summed E-state index contributed by atoms with van der Waals surface area (Å²) in [5.74, 6) is 0.220. The normalized spacial score (nSPS) is 28.8. The second-order valence-electron chi connectivity index (χ2n) is 3.42. The van der Waals surface area contributed by atoms with Crippen LogP contribution in [0, 0.1) is 5.41 Å². The fraction of sp³-hybridized carbons (Fsp3) is 0.889. The summed E-state index contributed by atoms with van der Waals surface area (Å²) in [6, 6.07) is 0. The molecular weight excluding hydrogens is 152 g/mol. The van der Waals surface area contributed by atoms with Gasteiger partial charge < -0.3 is 10.6 Å². The van der Waals surface area contributed by atoms with Gasteiger partial charge in [-0.2, -0.15) is 0 Å². The number of amides is 1. The van der Waals surface area contributed by atoms with E-state index in [1.165, 1.54) is 0 Å². The zero-order chi connectivity index (χ0) is 9.03. The Morgan fingerprint density at radius 1 is 1.58 bits per heavy atom. The average Bonchev–Trinajstić information content (AvgIpc) is 2.54. The van der Waals surface area contributed by atoms with Crippen LogP contribution in [-0.4, -0.2) is 25.5 Å². The third-order valence-electron chi connectivity index (χ3n) is 2.74. The molecule has 0 aliphatic carbocycles. The number of hydrogen-bond acceptors (Lipinski definition) is 2. The Morgan fingerprint density at radius 2 is 2.33 bits per heavy atom. The summed E-state index contributed by atoms with van der Waals surface area (Å²) in [6.07, 6.45) is 1.92. The molecule has 0 aromatic rings. The maximum absolute atomic E-state index is 11.6. The van der Waals surface area contributed by atoms with Gasteiger partial charge in [0.15, 0.2) is 0 Å². The van der Waals surface area contributed by atoms with Gasteiger partial charge in [0.05, 0.1) is 5.41 Å². The summed E-state index contributed by atoms with van der Waals surface area (Å²) in [7, 11) is 0. The zero-order valence-electron chi connectivity index (χ0n) is 7.94. The van der Waals surface area contributed by atoms with Crippen LogP contribution in [0.5, 0.6) is 0 Å². The first-order valence-corrected chi connectivity index (χ1v) is 4.74. The standard InChI is InChI=1S/C9H18N2O/c1-3-9(5-6-10-7-9)8(12)11-4-2/h10H,3-7H2,1-2H3,(H,11,12). The molecule has 0 aromatic heterocycles. The highest BCUT2D eigenvalue weighted by Crippen LogP contribution is 2.29. The van der Waals surface area contributed by atoms with Crippen molar-refractivity contribution in [3.63, 3.8) is 0 Å². The van der Waals surface area contributed by atoms with E-state index >= 15 is 0 Å². The van der Waals surface area contributed by atoms with E-state index in [-0.39, 0.29) is 11.3 Å². The predicted octanol–water partition coefficient (Wildman–Crippen LogP) is 0.512. The maximum Gasteiger partial charge on any atom is 0.227 e. The second kappa shape index (κ2) is 3.90. The molecule has 1 unspecified atom stereocenters. The lowest BCUT2D eigenvalue weighted by Gasteiger charge is -2.24. The lowest BCUT2D eigenvalue weighted by atomic mass is 9.83. The van der Waals surface area contributed by atoms with Crippen LogP contribution < -0.4 is 10.6 Å². The zero-order valence-corrected chi connectivity index (χ0v) is 7.94. The Labute approximate surface area is 73.9 Å². The van der Waals surface area contributed by atoms with Gasteiger partial charge in [-0.25, -0.2) is 0 Å². The lowest BCUT2D eigenvalue weighted by Crippen LogP contribution is -2.42. The van der Waals surface area contributed by atoms with Crippen molar-refractivity contribution < 1.29 is 4.79 Å². The van der Waals surface area contributed by atoms with Crippen molar-refractivity contribution >= 4 is 5.91 Å². The molecule has 2 N–H and O–H groups in total. The van der Waals surface area contributed by atoms with Gasteiger partial charge in [0.1, 0.15) is 0 Å². The van der Waals surface area contributed by atoms with Gasteiger partial charge in [-0.1, -0.05) is 6.92 Å². The highest BCUT2D eigenvalue weighted by atomic mass is 16.2. The van der Waals surface area contributed by atoms with Gasteiger partial charge in [-0.05, 0) is 26.3 Å². The molecule has 0 bridgehead atoms. The van der Waals surface area contributed by atoms with Crippen molar-refractivity contribution in [3.8, 4) is 0 Å². The van der Waals surface area contributed by atoms with E-state index in [0.29, 0.717) is 0 Å². The van der Waals surface area contributed by atoms with Crippen molar-refractivity contribution in [3.05, 3.63) is 0 Å². The smallest absolute Gasteiger partial charge is 0.227 e. The van der Waals surface area contributed by atoms with Crippen molar-refractivity contribution in [2.75, 3.05) is 19.6 Å². The fourth-order valence-electron chi connectivity index (χ4n) is 1.75. The molecule has 1 fully saturated rings. The van der Waals surface area contributed by atoms with Crippen molar-refractivity contribution in [1.29, 1.82) is 0 Å². The molecule has 0 aromatic carbocycles. The molecule has 12 heavy (non-hydrogen) atoms.